The third-order valence-corrected chi connectivity index (χ3v) is 5.13. The summed E-state index contributed by atoms with van der Waals surface area (Å²) in [6.45, 7) is 2.93. The van der Waals surface area contributed by atoms with Crippen LogP contribution in [0.5, 0.6) is 0 Å². The first kappa shape index (κ1) is 17.1. The molecule has 0 aromatic heterocycles. The van der Waals surface area contributed by atoms with Gasteiger partial charge >= 0.3 is 5.97 Å². The van der Waals surface area contributed by atoms with Crippen molar-refractivity contribution in [1.29, 1.82) is 0 Å². The molecule has 0 unspecified atom stereocenters. The highest BCUT2D eigenvalue weighted by molar-refractivity contribution is 7.89. The van der Waals surface area contributed by atoms with E-state index in [0.717, 1.165) is 10.4 Å². The van der Waals surface area contributed by atoms with E-state index in [-0.39, 0.29) is 23.5 Å². The Labute approximate surface area is 122 Å². The van der Waals surface area contributed by atoms with Crippen molar-refractivity contribution >= 4 is 21.7 Å². The highest BCUT2D eigenvalue weighted by Crippen LogP contribution is 2.27. The quantitative estimate of drug-likeness (QED) is 0.624. The van der Waals surface area contributed by atoms with E-state index < -0.39 is 20.9 Å². The Morgan fingerprint density at radius 1 is 1.38 bits per heavy atom. The zero-order chi connectivity index (χ0) is 16.4. The minimum Gasteiger partial charge on any atom is -0.481 e. The third-order valence-electron chi connectivity index (χ3n) is 3.14. The van der Waals surface area contributed by atoms with E-state index in [9.17, 15) is 23.3 Å². The fourth-order valence-corrected chi connectivity index (χ4v) is 3.21. The lowest BCUT2D eigenvalue weighted by Gasteiger charge is -2.18. The van der Waals surface area contributed by atoms with Gasteiger partial charge in [-0.25, -0.2) is 12.7 Å². The molecule has 0 aliphatic carbocycles. The van der Waals surface area contributed by atoms with Crippen LogP contribution in [-0.4, -0.2) is 42.3 Å². The number of hydrogen-bond donors (Lipinski definition) is 1. The number of aliphatic carboxylic acids is 1. The molecule has 0 atom stereocenters. The van der Waals surface area contributed by atoms with Crippen molar-refractivity contribution in [3.63, 3.8) is 0 Å². The molecule has 0 aliphatic heterocycles. The predicted molar refractivity (Wildman–Crippen MR) is 74.6 cm³/mol. The first-order chi connectivity index (χ1) is 9.57. The van der Waals surface area contributed by atoms with Crippen LogP contribution in [0.15, 0.2) is 17.0 Å². The number of nitro benzene ring substituents is 1. The monoisotopic (exact) mass is 316 g/mol. The number of nitro groups is 1. The van der Waals surface area contributed by atoms with Crippen LogP contribution in [0.1, 0.15) is 17.5 Å². The average Bonchev–Trinajstić information content (AvgIpc) is 2.38. The van der Waals surface area contributed by atoms with Crippen molar-refractivity contribution in [2.45, 2.75) is 25.2 Å². The lowest BCUT2D eigenvalue weighted by molar-refractivity contribution is -0.385. The predicted octanol–water partition coefficient (Wildman–Crippen LogP) is 1.31. The molecule has 0 fully saturated rings. The second kappa shape index (κ2) is 6.19. The van der Waals surface area contributed by atoms with E-state index in [1.165, 1.54) is 13.1 Å². The van der Waals surface area contributed by atoms with Gasteiger partial charge in [0.25, 0.3) is 5.69 Å². The summed E-state index contributed by atoms with van der Waals surface area (Å²) >= 11 is 0. The highest BCUT2D eigenvalue weighted by Gasteiger charge is 2.26. The summed E-state index contributed by atoms with van der Waals surface area (Å²) in [4.78, 5) is 20.5. The Bertz CT molecular complexity index is 683. The van der Waals surface area contributed by atoms with Gasteiger partial charge in [-0.1, -0.05) is 0 Å². The average molecular weight is 316 g/mol. The van der Waals surface area contributed by atoms with Crippen molar-refractivity contribution in [3.05, 3.63) is 33.4 Å². The van der Waals surface area contributed by atoms with E-state index in [4.69, 9.17) is 5.11 Å². The largest absolute Gasteiger partial charge is 0.481 e. The zero-order valence-electron chi connectivity index (χ0n) is 11.9. The first-order valence-corrected chi connectivity index (χ1v) is 7.45. The molecule has 8 nitrogen and oxygen atoms in total. The van der Waals surface area contributed by atoms with Crippen LogP contribution < -0.4 is 0 Å². The second-order valence-corrected chi connectivity index (χ2v) is 6.63. The summed E-state index contributed by atoms with van der Waals surface area (Å²) in [5.41, 5.74) is 0.570. The van der Waals surface area contributed by atoms with Crippen LogP contribution in [0.25, 0.3) is 0 Å². The summed E-state index contributed by atoms with van der Waals surface area (Å²) in [5, 5.41) is 19.5. The minimum absolute atomic E-state index is 0.179. The molecule has 0 saturated heterocycles. The maximum atomic E-state index is 12.4. The number of benzene rings is 1. The highest BCUT2D eigenvalue weighted by atomic mass is 32.2. The van der Waals surface area contributed by atoms with Gasteiger partial charge in [0.1, 0.15) is 0 Å². The molecule has 0 heterocycles. The molecule has 0 radical (unpaired) electrons. The van der Waals surface area contributed by atoms with Crippen molar-refractivity contribution in [1.82, 2.24) is 4.31 Å². The molecule has 21 heavy (non-hydrogen) atoms. The molecule has 1 rings (SSSR count). The molecule has 1 N–H and O–H groups in total. The van der Waals surface area contributed by atoms with Crippen molar-refractivity contribution in [2.24, 2.45) is 0 Å². The molecule has 0 saturated carbocycles. The number of carboxylic acids is 1. The summed E-state index contributed by atoms with van der Waals surface area (Å²) in [6, 6.07) is 2.29. The number of aryl methyl sites for hydroxylation is 1. The molecule has 1 aromatic rings. The van der Waals surface area contributed by atoms with Crippen LogP contribution in [0.3, 0.4) is 0 Å². The van der Waals surface area contributed by atoms with Gasteiger partial charge in [-0.2, -0.15) is 0 Å². The summed E-state index contributed by atoms with van der Waals surface area (Å²) in [5.74, 6) is -1.12. The van der Waals surface area contributed by atoms with Gasteiger partial charge in [-0.05, 0) is 25.0 Å². The van der Waals surface area contributed by atoms with Gasteiger partial charge < -0.3 is 5.11 Å². The van der Waals surface area contributed by atoms with Crippen LogP contribution >= 0.6 is 0 Å². The van der Waals surface area contributed by atoms with Gasteiger partial charge in [-0.3, -0.25) is 14.9 Å². The van der Waals surface area contributed by atoms with E-state index in [1.54, 1.807) is 13.8 Å². The maximum absolute atomic E-state index is 12.4. The molecule has 0 spiro atoms. The Morgan fingerprint density at radius 2 is 1.95 bits per heavy atom. The molecular formula is C12H16N2O6S. The molecule has 0 aliphatic rings. The smallest absolute Gasteiger partial charge is 0.304 e. The molecular weight excluding hydrogens is 300 g/mol. The number of sulfonamides is 1. The van der Waals surface area contributed by atoms with Gasteiger partial charge in [0.15, 0.2) is 0 Å². The lowest BCUT2D eigenvalue weighted by atomic mass is 10.1. The van der Waals surface area contributed by atoms with Crippen LogP contribution in [0, 0.1) is 24.0 Å². The molecule has 9 heteroatoms. The maximum Gasteiger partial charge on any atom is 0.304 e. The lowest BCUT2D eigenvalue weighted by Crippen LogP contribution is -2.30. The molecule has 1 aromatic carbocycles. The summed E-state index contributed by atoms with van der Waals surface area (Å²) < 4.78 is 25.7. The Morgan fingerprint density at radius 3 is 2.43 bits per heavy atom. The van der Waals surface area contributed by atoms with E-state index >= 15 is 0 Å². The SMILES string of the molecule is Cc1cc([N+](=O)[O-])cc(S(=O)(=O)N(C)CCC(=O)O)c1C. The van der Waals surface area contributed by atoms with Gasteiger partial charge in [0, 0.05) is 25.7 Å². The van der Waals surface area contributed by atoms with Gasteiger partial charge in [0.2, 0.25) is 10.0 Å². The first-order valence-electron chi connectivity index (χ1n) is 6.01. The number of carbonyl (C=O) groups is 1. The van der Waals surface area contributed by atoms with Crippen LogP contribution in [-0.2, 0) is 14.8 Å². The Hall–Kier alpha value is -2.00. The van der Waals surface area contributed by atoms with Gasteiger partial charge in [0.05, 0.1) is 16.2 Å². The molecule has 116 valence electrons. The summed E-state index contributed by atoms with van der Waals surface area (Å²) in [7, 11) is -2.74. The van der Waals surface area contributed by atoms with Crippen LogP contribution in [0.2, 0.25) is 0 Å². The second-order valence-electron chi connectivity index (χ2n) is 4.61. The molecule has 0 amide bonds. The minimum atomic E-state index is -3.98. The number of hydrogen-bond acceptors (Lipinski definition) is 5. The third kappa shape index (κ3) is 3.76. The van der Waals surface area contributed by atoms with Gasteiger partial charge in [-0.15, -0.1) is 0 Å². The number of nitrogens with zero attached hydrogens (tertiary/aromatic N) is 2. The van der Waals surface area contributed by atoms with Crippen molar-refractivity contribution in [3.8, 4) is 0 Å². The number of carboxylic acid groups (broad SMARTS) is 1. The Balaban J connectivity index is 3.30. The van der Waals surface area contributed by atoms with E-state index in [1.807, 2.05) is 0 Å². The normalized spacial score (nSPS) is 11.6. The standard InChI is InChI=1S/C12H16N2O6S/c1-8-6-10(14(17)18)7-11(9(8)2)21(19,20)13(3)5-4-12(15)16/h6-7H,4-5H2,1-3H3,(H,15,16). The van der Waals surface area contributed by atoms with E-state index in [0.29, 0.717) is 11.1 Å². The fourth-order valence-electron chi connectivity index (χ4n) is 1.72. The summed E-state index contributed by atoms with van der Waals surface area (Å²) in [6.07, 6.45) is -0.345. The van der Waals surface area contributed by atoms with Crippen molar-refractivity contribution < 1.29 is 23.2 Å². The van der Waals surface area contributed by atoms with Crippen LogP contribution in [0.4, 0.5) is 5.69 Å². The fraction of sp³-hybridized carbons (Fsp3) is 0.417. The topological polar surface area (TPSA) is 118 Å². The zero-order valence-corrected chi connectivity index (χ0v) is 12.7. The number of non-ortho nitro benzene ring substituents is 1. The Kier molecular flexibility index (Phi) is 5.02. The molecule has 0 bridgehead atoms. The van der Waals surface area contributed by atoms with Crippen molar-refractivity contribution in [2.75, 3.05) is 13.6 Å². The number of rotatable bonds is 6. The van der Waals surface area contributed by atoms with E-state index in [2.05, 4.69) is 0 Å².